The van der Waals surface area contributed by atoms with Gasteiger partial charge in [-0.2, -0.15) is 0 Å². The Morgan fingerprint density at radius 1 is 1.29 bits per heavy atom. The molecule has 1 aromatic carbocycles. The van der Waals surface area contributed by atoms with Gasteiger partial charge in [-0.1, -0.05) is 23.1 Å². The number of nitrogens with zero attached hydrogens (tertiary/aromatic N) is 2. The van der Waals surface area contributed by atoms with Crippen molar-refractivity contribution in [1.29, 1.82) is 0 Å². The standard InChI is InChI=1S/C10H8F2N2OS2/c1-5-13-14-10(16-5)17-9-7(11)2-6(4-15)3-8(9)12/h2-3,15H,4H2,1H3. The van der Waals surface area contributed by atoms with E-state index >= 15 is 0 Å². The highest BCUT2D eigenvalue weighted by atomic mass is 32.2. The number of aromatic nitrogens is 2. The van der Waals surface area contributed by atoms with Gasteiger partial charge in [-0.05, 0) is 24.6 Å². The zero-order valence-electron chi connectivity index (χ0n) is 8.78. The molecule has 90 valence electrons. The van der Waals surface area contributed by atoms with Gasteiger partial charge in [0.05, 0.1) is 11.5 Å². The second-order valence-corrected chi connectivity index (χ2v) is 5.67. The lowest BCUT2D eigenvalue weighted by Gasteiger charge is -2.04. The van der Waals surface area contributed by atoms with Crippen LogP contribution in [0.1, 0.15) is 10.6 Å². The van der Waals surface area contributed by atoms with E-state index in [4.69, 9.17) is 5.11 Å². The van der Waals surface area contributed by atoms with Crippen molar-refractivity contribution in [3.05, 3.63) is 34.3 Å². The van der Waals surface area contributed by atoms with Crippen molar-refractivity contribution in [1.82, 2.24) is 10.2 Å². The van der Waals surface area contributed by atoms with Crippen molar-refractivity contribution in [2.24, 2.45) is 0 Å². The third-order valence-corrected chi connectivity index (χ3v) is 3.92. The molecule has 0 spiro atoms. The molecule has 7 heteroatoms. The van der Waals surface area contributed by atoms with Crippen LogP contribution in [0.3, 0.4) is 0 Å². The van der Waals surface area contributed by atoms with Gasteiger partial charge in [-0.25, -0.2) is 8.78 Å². The van der Waals surface area contributed by atoms with Gasteiger partial charge in [0.25, 0.3) is 0 Å². The van der Waals surface area contributed by atoms with Gasteiger partial charge in [0.15, 0.2) is 4.34 Å². The van der Waals surface area contributed by atoms with E-state index in [1.54, 1.807) is 6.92 Å². The first-order valence-electron chi connectivity index (χ1n) is 4.67. The Bertz CT molecular complexity index is 522. The van der Waals surface area contributed by atoms with Crippen LogP contribution < -0.4 is 0 Å². The lowest BCUT2D eigenvalue weighted by molar-refractivity contribution is 0.280. The molecule has 17 heavy (non-hydrogen) atoms. The first-order chi connectivity index (χ1) is 8.10. The topological polar surface area (TPSA) is 46.0 Å². The summed E-state index contributed by atoms with van der Waals surface area (Å²) in [5.41, 5.74) is 0.206. The summed E-state index contributed by atoms with van der Waals surface area (Å²) in [6.45, 7) is 1.38. The van der Waals surface area contributed by atoms with Gasteiger partial charge >= 0.3 is 0 Å². The van der Waals surface area contributed by atoms with E-state index in [1.165, 1.54) is 11.3 Å². The third-order valence-electron chi connectivity index (χ3n) is 1.94. The maximum Gasteiger partial charge on any atom is 0.179 e. The van der Waals surface area contributed by atoms with E-state index in [2.05, 4.69) is 10.2 Å². The van der Waals surface area contributed by atoms with Crippen LogP contribution in [0.25, 0.3) is 0 Å². The van der Waals surface area contributed by atoms with Crippen LogP contribution in [0.2, 0.25) is 0 Å². The zero-order chi connectivity index (χ0) is 12.4. The van der Waals surface area contributed by atoms with Gasteiger partial charge in [-0.3, -0.25) is 0 Å². The Labute approximate surface area is 105 Å². The van der Waals surface area contributed by atoms with Crippen molar-refractivity contribution in [3.63, 3.8) is 0 Å². The molecule has 2 aromatic rings. The lowest BCUT2D eigenvalue weighted by Crippen LogP contribution is -1.92. The molecule has 0 aliphatic carbocycles. The smallest absolute Gasteiger partial charge is 0.179 e. The average molecular weight is 274 g/mol. The minimum absolute atomic E-state index is 0.127. The van der Waals surface area contributed by atoms with Crippen LogP contribution in [0.15, 0.2) is 21.4 Å². The van der Waals surface area contributed by atoms with Gasteiger partial charge in [0, 0.05) is 0 Å². The van der Waals surface area contributed by atoms with Crippen molar-refractivity contribution in [2.45, 2.75) is 22.8 Å². The highest BCUT2D eigenvalue weighted by Gasteiger charge is 2.14. The molecule has 0 aliphatic rings. The monoisotopic (exact) mass is 274 g/mol. The molecule has 0 amide bonds. The van der Waals surface area contributed by atoms with Gasteiger partial charge in [-0.15, -0.1) is 10.2 Å². The first kappa shape index (κ1) is 12.4. The molecule has 0 saturated heterocycles. The minimum Gasteiger partial charge on any atom is -0.392 e. The fourth-order valence-electron chi connectivity index (χ4n) is 1.21. The molecule has 0 unspecified atom stereocenters. The predicted molar refractivity (Wildman–Crippen MR) is 61.0 cm³/mol. The fraction of sp³-hybridized carbons (Fsp3) is 0.200. The second-order valence-electron chi connectivity index (χ2n) is 3.24. The molecular formula is C10H8F2N2OS2. The normalized spacial score (nSPS) is 10.8. The third kappa shape index (κ3) is 2.80. The molecule has 1 heterocycles. The summed E-state index contributed by atoms with van der Waals surface area (Å²) in [5, 5.41) is 17.1. The van der Waals surface area contributed by atoms with Crippen LogP contribution in [0, 0.1) is 18.6 Å². The number of rotatable bonds is 3. The highest BCUT2D eigenvalue weighted by molar-refractivity contribution is 8.01. The molecule has 2 rings (SSSR count). The SMILES string of the molecule is Cc1nnc(Sc2c(F)cc(CO)cc2F)s1. The van der Waals surface area contributed by atoms with E-state index < -0.39 is 18.2 Å². The molecule has 1 N–H and O–H groups in total. The first-order valence-corrected chi connectivity index (χ1v) is 6.30. The van der Waals surface area contributed by atoms with Gasteiger partial charge in [0.1, 0.15) is 16.6 Å². The maximum absolute atomic E-state index is 13.6. The molecule has 0 saturated carbocycles. The number of benzene rings is 1. The molecule has 0 atom stereocenters. The predicted octanol–water partition coefficient (Wildman–Crippen LogP) is 2.77. The minimum atomic E-state index is -0.702. The molecule has 0 radical (unpaired) electrons. The van der Waals surface area contributed by atoms with Crippen molar-refractivity contribution >= 4 is 23.1 Å². The lowest BCUT2D eigenvalue weighted by atomic mass is 10.2. The van der Waals surface area contributed by atoms with Crippen molar-refractivity contribution < 1.29 is 13.9 Å². The summed E-state index contributed by atoms with van der Waals surface area (Å²) in [6, 6.07) is 2.22. The molecule has 3 nitrogen and oxygen atoms in total. The summed E-state index contributed by atoms with van der Waals surface area (Å²) in [5.74, 6) is -1.40. The van der Waals surface area contributed by atoms with Crippen molar-refractivity contribution in [3.8, 4) is 0 Å². The Kier molecular flexibility index (Phi) is 3.70. The Morgan fingerprint density at radius 3 is 2.41 bits per heavy atom. The molecule has 0 aliphatic heterocycles. The largest absolute Gasteiger partial charge is 0.392 e. The van der Waals surface area contributed by atoms with Crippen LogP contribution >= 0.6 is 23.1 Å². The number of aryl methyl sites for hydroxylation is 1. The molecule has 1 aromatic heterocycles. The number of aliphatic hydroxyl groups is 1. The van der Waals surface area contributed by atoms with E-state index in [-0.39, 0.29) is 10.5 Å². The molecular weight excluding hydrogens is 266 g/mol. The molecule has 0 bridgehead atoms. The quantitative estimate of drug-likeness (QED) is 0.935. The molecule has 0 fully saturated rings. The van der Waals surface area contributed by atoms with E-state index in [9.17, 15) is 8.78 Å². The van der Waals surface area contributed by atoms with Crippen molar-refractivity contribution in [2.75, 3.05) is 0 Å². The van der Waals surface area contributed by atoms with Crippen LogP contribution in [0.5, 0.6) is 0 Å². The summed E-state index contributed by atoms with van der Waals surface area (Å²) in [7, 11) is 0. The van der Waals surface area contributed by atoms with Crippen LogP contribution in [-0.4, -0.2) is 15.3 Å². The fourth-order valence-corrected chi connectivity index (χ4v) is 2.97. The van der Waals surface area contributed by atoms with Gasteiger partial charge < -0.3 is 5.11 Å². The second kappa shape index (κ2) is 5.07. The zero-order valence-corrected chi connectivity index (χ0v) is 10.4. The van der Waals surface area contributed by atoms with E-state index in [1.807, 2.05) is 0 Å². The summed E-state index contributed by atoms with van der Waals surface area (Å²) < 4.78 is 27.6. The summed E-state index contributed by atoms with van der Waals surface area (Å²) in [6.07, 6.45) is 0. The van der Waals surface area contributed by atoms with Gasteiger partial charge in [0.2, 0.25) is 0 Å². The Hall–Kier alpha value is -1.05. The average Bonchev–Trinajstić information content (AvgIpc) is 2.69. The number of hydrogen-bond acceptors (Lipinski definition) is 5. The van der Waals surface area contributed by atoms with E-state index in [0.29, 0.717) is 4.34 Å². The summed E-state index contributed by atoms with van der Waals surface area (Å²) in [4.78, 5) is -0.127. The Balaban J connectivity index is 2.33. The maximum atomic E-state index is 13.6. The van der Waals surface area contributed by atoms with Crippen LogP contribution in [-0.2, 0) is 6.61 Å². The van der Waals surface area contributed by atoms with E-state index in [0.717, 1.165) is 28.9 Å². The highest BCUT2D eigenvalue weighted by Crippen LogP contribution is 2.34. The number of hydrogen-bond donors (Lipinski definition) is 1. The number of halogens is 2. The number of aliphatic hydroxyl groups excluding tert-OH is 1. The van der Waals surface area contributed by atoms with Crippen LogP contribution in [0.4, 0.5) is 8.78 Å². The summed E-state index contributed by atoms with van der Waals surface area (Å²) >= 11 is 2.16. The Morgan fingerprint density at radius 2 is 1.94 bits per heavy atom.